The van der Waals surface area contributed by atoms with E-state index in [2.05, 4.69) is 34.1 Å². The number of hydrogen-bond acceptors (Lipinski definition) is 7. The number of esters is 1. The number of rotatable bonds is 11. The van der Waals surface area contributed by atoms with Crippen LogP contribution >= 0.6 is 27.7 Å². The van der Waals surface area contributed by atoms with Crippen LogP contribution in [0, 0.1) is 0 Å². The number of halogens is 1. The van der Waals surface area contributed by atoms with Crippen molar-refractivity contribution in [3.8, 4) is 11.5 Å². The number of amides is 2. The van der Waals surface area contributed by atoms with Crippen LogP contribution in [0.5, 0.6) is 11.5 Å². The minimum Gasteiger partial charge on any atom is -0.490 e. The quantitative estimate of drug-likeness (QED) is 0.134. The second kappa shape index (κ2) is 13.0. The van der Waals surface area contributed by atoms with Gasteiger partial charge in [-0.2, -0.15) is 0 Å². The van der Waals surface area contributed by atoms with Crippen molar-refractivity contribution < 1.29 is 28.6 Å². The van der Waals surface area contributed by atoms with Crippen LogP contribution in [-0.2, 0) is 20.9 Å². The third kappa shape index (κ3) is 6.57. The Balaban J connectivity index is 1.52. The van der Waals surface area contributed by atoms with Gasteiger partial charge in [0.1, 0.15) is 13.2 Å². The zero-order chi connectivity index (χ0) is 27.1. The molecule has 0 unspecified atom stereocenters. The number of imide groups is 1. The van der Waals surface area contributed by atoms with E-state index in [1.165, 1.54) is 0 Å². The number of hydrogen-bond donors (Lipinski definition) is 0. The first-order valence-corrected chi connectivity index (χ1v) is 14.0. The first-order valence-electron chi connectivity index (χ1n) is 12.4. The highest BCUT2D eigenvalue weighted by Crippen LogP contribution is 2.40. The van der Waals surface area contributed by atoms with Gasteiger partial charge >= 0.3 is 5.97 Å². The molecular formula is C29H28BrNO6S. The van der Waals surface area contributed by atoms with Gasteiger partial charge in [0.15, 0.2) is 11.5 Å². The first kappa shape index (κ1) is 27.7. The number of fused-ring (bicyclic) bond motifs is 1. The van der Waals surface area contributed by atoms with E-state index >= 15 is 0 Å². The summed E-state index contributed by atoms with van der Waals surface area (Å²) in [5.74, 6) is -0.0826. The van der Waals surface area contributed by atoms with Crippen LogP contribution in [0.1, 0.15) is 37.8 Å². The van der Waals surface area contributed by atoms with E-state index in [0.717, 1.165) is 45.8 Å². The van der Waals surface area contributed by atoms with Crippen LogP contribution in [0.25, 0.3) is 16.8 Å². The summed E-state index contributed by atoms with van der Waals surface area (Å²) < 4.78 is 17.8. The predicted octanol–water partition coefficient (Wildman–Crippen LogP) is 6.96. The average molecular weight is 599 g/mol. The topological polar surface area (TPSA) is 82.1 Å². The summed E-state index contributed by atoms with van der Waals surface area (Å²) in [6.07, 6.45) is 3.21. The van der Waals surface area contributed by atoms with E-state index in [1.54, 1.807) is 18.2 Å². The minimum absolute atomic E-state index is 0.218. The molecule has 0 aromatic heterocycles. The smallest absolute Gasteiger partial charge is 0.326 e. The van der Waals surface area contributed by atoms with Gasteiger partial charge in [-0.3, -0.25) is 19.3 Å². The highest BCUT2D eigenvalue weighted by atomic mass is 79.9. The molecule has 1 heterocycles. The summed E-state index contributed by atoms with van der Waals surface area (Å²) in [5, 5.41) is 1.75. The molecule has 0 N–H and O–H groups in total. The molecule has 0 atom stereocenters. The van der Waals surface area contributed by atoms with Crippen LogP contribution in [-0.4, -0.2) is 41.8 Å². The molecule has 3 aromatic carbocycles. The summed E-state index contributed by atoms with van der Waals surface area (Å²) >= 11 is 4.37. The molecule has 0 saturated carbocycles. The van der Waals surface area contributed by atoms with E-state index in [4.69, 9.17) is 14.2 Å². The number of benzene rings is 3. The summed E-state index contributed by atoms with van der Waals surface area (Å²) in [6, 6.07) is 17.8. The van der Waals surface area contributed by atoms with Crippen molar-refractivity contribution in [2.24, 2.45) is 0 Å². The van der Waals surface area contributed by atoms with E-state index in [9.17, 15) is 14.4 Å². The number of nitrogens with zero attached hydrogens (tertiary/aromatic N) is 1. The predicted molar refractivity (Wildman–Crippen MR) is 152 cm³/mol. The Bertz CT molecular complexity index is 1380. The van der Waals surface area contributed by atoms with Crippen LogP contribution in [0.15, 0.2) is 64.0 Å². The van der Waals surface area contributed by atoms with Crippen LogP contribution in [0.4, 0.5) is 4.79 Å². The maximum atomic E-state index is 12.9. The largest absolute Gasteiger partial charge is 0.490 e. The second-order valence-corrected chi connectivity index (χ2v) is 10.4. The molecule has 0 spiro atoms. The molecule has 0 aliphatic carbocycles. The maximum absolute atomic E-state index is 12.9. The average Bonchev–Trinajstić information content (AvgIpc) is 3.15. The molecule has 1 fully saturated rings. The Labute approximate surface area is 234 Å². The Morgan fingerprint density at radius 3 is 2.63 bits per heavy atom. The molecule has 1 aliphatic heterocycles. The monoisotopic (exact) mass is 597 g/mol. The van der Waals surface area contributed by atoms with Crippen molar-refractivity contribution >= 4 is 61.7 Å². The lowest BCUT2D eigenvalue weighted by Crippen LogP contribution is -2.34. The number of carbonyl (C=O) groups is 3. The normalized spacial score (nSPS) is 14.4. The molecule has 2 amide bonds. The summed E-state index contributed by atoms with van der Waals surface area (Å²) in [6.45, 7) is 4.48. The van der Waals surface area contributed by atoms with Crippen molar-refractivity contribution in [3.63, 3.8) is 0 Å². The van der Waals surface area contributed by atoms with Crippen LogP contribution < -0.4 is 9.47 Å². The molecule has 7 nitrogen and oxygen atoms in total. The van der Waals surface area contributed by atoms with Crippen LogP contribution in [0.2, 0.25) is 0 Å². The van der Waals surface area contributed by atoms with Gasteiger partial charge in [0.2, 0.25) is 0 Å². The molecule has 0 radical (unpaired) electrons. The zero-order valence-corrected chi connectivity index (χ0v) is 23.6. The molecule has 9 heteroatoms. The minimum atomic E-state index is -0.601. The molecule has 0 bridgehead atoms. The second-order valence-electron chi connectivity index (χ2n) is 8.53. The third-order valence-corrected chi connectivity index (χ3v) is 7.30. The summed E-state index contributed by atoms with van der Waals surface area (Å²) in [7, 11) is 0. The lowest BCUT2D eigenvalue weighted by molar-refractivity contribution is -0.146. The molecule has 38 heavy (non-hydrogen) atoms. The number of carbonyl (C=O) groups excluding carboxylic acids is 3. The fraction of sp³-hybridized carbons (Fsp3) is 0.276. The van der Waals surface area contributed by atoms with Crippen molar-refractivity contribution in [1.82, 2.24) is 4.90 Å². The number of unbranched alkanes of at least 4 members (excludes halogenated alkanes) is 1. The fourth-order valence-electron chi connectivity index (χ4n) is 3.94. The standard InChI is InChI=1S/C29H28BrNO6S/c1-3-5-13-36-26(32)17-31-28(33)25(38-29(31)34)16-19-14-23(30)27(24(15-19)35-4-2)37-18-21-11-8-10-20-9-6-7-12-22(20)21/h6-12,14-16H,3-5,13,17-18H2,1-2H3/b25-16+. The van der Waals surface area contributed by atoms with E-state index in [-0.39, 0.29) is 11.5 Å². The van der Waals surface area contributed by atoms with Gasteiger partial charge in [0.25, 0.3) is 11.1 Å². The summed E-state index contributed by atoms with van der Waals surface area (Å²) in [5.41, 5.74) is 1.69. The van der Waals surface area contributed by atoms with Crippen molar-refractivity contribution in [1.29, 1.82) is 0 Å². The van der Waals surface area contributed by atoms with E-state index in [1.807, 2.05) is 38.1 Å². The van der Waals surface area contributed by atoms with Crippen molar-refractivity contribution in [2.45, 2.75) is 33.3 Å². The van der Waals surface area contributed by atoms with Gasteiger partial charge in [0, 0.05) is 0 Å². The molecule has 1 saturated heterocycles. The number of ether oxygens (including phenoxy) is 3. The summed E-state index contributed by atoms with van der Waals surface area (Å²) in [4.78, 5) is 38.4. The maximum Gasteiger partial charge on any atom is 0.326 e. The van der Waals surface area contributed by atoms with E-state index in [0.29, 0.717) is 34.7 Å². The van der Waals surface area contributed by atoms with Gasteiger partial charge < -0.3 is 14.2 Å². The highest BCUT2D eigenvalue weighted by Gasteiger charge is 2.36. The molecular weight excluding hydrogens is 570 g/mol. The third-order valence-electron chi connectivity index (χ3n) is 5.80. The van der Waals surface area contributed by atoms with Gasteiger partial charge in [0.05, 0.1) is 22.6 Å². The van der Waals surface area contributed by atoms with Crippen molar-refractivity contribution in [2.75, 3.05) is 19.8 Å². The van der Waals surface area contributed by atoms with Gasteiger partial charge in [-0.1, -0.05) is 55.8 Å². The molecule has 198 valence electrons. The molecule has 1 aliphatic rings. The molecule has 3 aromatic rings. The fourth-order valence-corrected chi connectivity index (χ4v) is 5.35. The number of thioether (sulfide) groups is 1. The zero-order valence-electron chi connectivity index (χ0n) is 21.2. The Morgan fingerprint density at radius 1 is 1.05 bits per heavy atom. The van der Waals surface area contributed by atoms with E-state index < -0.39 is 23.7 Å². The Kier molecular flexibility index (Phi) is 9.47. The Morgan fingerprint density at radius 2 is 1.84 bits per heavy atom. The van der Waals surface area contributed by atoms with Crippen LogP contribution in [0.3, 0.4) is 0 Å². The van der Waals surface area contributed by atoms with Gasteiger partial charge in [-0.25, -0.2) is 0 Å². The van der Waals surface area contributed by atoms with Gasteiger partial charge in [-0.05, 0) is 81.1 Å². The lowest BCUT2D eigenvalue weighted by Gasteiger charge is -2.16. The van der Waals surface area contributed by atoms with Gasteiger partial charge in [-0.15, -0.1) is 0 Å². The molecule has 4 rings (SSSR count). The SMILES string of the molecule is CCCCOC(=O)CN1C(=O)S/C(=C/c2cc(Br)c(OCc3cccc4ccccc34)c(OCC)c2)C1=O. The van der Waals surface area contributed by atoms with Crippen molar-refractivity contribution in [3.05, 3.63) is 75.1 Å². The lowest BCUT2D eigenvalue weighted by atomic mass is 10.1. The Hall–Kier alpha value is -3.30. The highest BCUT2D eigenvalue weighted by molar-refractivity contribution is 9.10. The first-order chi connectivity index (χ1) is 18.4.